The van der Waals surface area contributed by atoms with Crippen LogP contribution in [0.2, 0.25) is 0 Å². The van der Waals surface area contributed by atoms with Crippen molar-refractivity contribution in [2.24, 2.45) is 35.5 Å². The van der Waals surface area contributed by atoms with Gasteiger partial charge in [-0.3, -0.25) is 0 Å². The molecular weight excluding hydrogens is 268 g/mol. The Morgan fingerprint density at radius 2 is 1.32 bits per heavy atom. The highest BCUT2D eigenvalue weighted by atomic mass is 16.5. The van der Waals surface area contributed by atoms with Crippen LogP contribution >= 0.6 is 0 Å². The second-order valence-electron chi connectivity index (χ2n) is 8.67. The Bertz CT molecular complexity index is 306. The lowest BCUT2D eigenvalue weighted by molar-refractivity contribution is -0.178. The average Bonchev–Trinajstić information content (AvgIpc) is 3.12. The molecule has 3 aliphatic carbocycles. The second-order valence-corrected chi connectivity index (χ2v) is 8.67. The predicted octanol–water partition coefficient (Wildman–Crippen LogP) is 6.31. The van der Waals surface area contributed by atoms with Gasteiger partial charge in [-0.25, -0.2) is 0 Å². The lowest BCUT2D eigenvalue weighted by atomic mass is 9.75. The van der Waals surface area contributed by atoms with Gasteiger partial charge in [0.05, 0.1) is 12.2 Å². The number of rotatable bonds is 2. The number of hydrogen-bond acceptors (Lipinski definition) is 1. The molecule has 2 heterocycles. The van der Waals surface area contributed by atoms with E-state index in [2.05, 4.69) is 27.7 Å². The molecule has 5 rings (SSSR count). The van der Waals surface area contributed by atoms with E-state index in [0.717, 1.165) is 35.5 Å². The maximum Gasteiger partial charge on any atom is 0.0606 e. The van der Waals surface area contributed by atoms with Gasteiger partial charge in [-0.05, 0) is 74.0 Å². The van der Waals surface area contributed by atoms with E-state index in [4.69, 9.17) is 4.74 Å². The normalized spacial score (nSPS) is 41.5. The smallest absolute Gasteiger partial charge is 0.0606 e. The van der Waals surface area contributed by atoms with Crippen LogP contribution in [-0.2, 0) is 4.74 Å². The summed E-state index contributed by atoms with van der Waals surface area (Å²) in [6.45, 7) is 13.4. The summed E-state index contributed by atoms with van der Waals surface area (Å²) in [7, 11) is 0. The molecule has 0 aromatic heterocycles. The molecule has 0 N–H and O–H groups in total. The van der Waals surface area contributed by atoms with Gasteiger partial charge >= 0.3 is 0 Å². The van der Waals surface area contributed by atoms with Crippen LogP contribution in [-0.4, -0.2) is 12.2 Å². The van der Waals surface area contributed by atoms with Gasteiger partial charge in [0.25, 0.3) is 0 Å². The third kappa shape index (κ3) is 4.28. The Balaban J connectivity index is 0.000000144. The third-order valence-electron chi connectivity index (χ3n) is 6.63. The predicted molar refractivity (Wildman–Crippen MR) is 96.0 cm³/mol. The molecular formula is C21H40O. The summed E-state index contributed by atoms with van der Waals surface area (Å²) < 4.78 is 5.56. The highest BCUT2D eigenvalue weighted by Crippen LogP contribution is 2.50. The summed E-state index contributed by atoms with van der Waals surface area (Å²) in [5.41, 5.74) is 0. The van der Waals surface area contributed by atoms with Gasteiger partial charge in [-0.2, -0.15) is 0 Å². The quantitative estimate of drug-likeness (QED) is 0.580. The minimum absolute atomic E-state index is 0.645. The van der Waals surface area contributed by atoms with Crippen molar-refractivity contribution >= 4 is 0 Å². The SMILES string of the molecule is CC.CC(C)C1CC2CC(C1)O2.CC(C)C1CC2CCC1C2. The van der Waals surface area contributed by atoms with E-state index in [0.29, 0.717) is 12.2 Å². The lowest BCUT2D eigenvalue weighted by Crippen LogP contribution is -2.46. The van der Waals surface area contributed by atoms with Gasteiger partial charge in [0.1, 0.15) is 0 Å². The van der Waals surface area contributed by atoms with E-state index < -0.39 is 0 Å². The van der Waals surface area contributed by atoms with Crippen LogP contribution < -0.4 is 0 Å². The largest absolute Gasteiger partial charge is 0.375 e. The van der Waals surface area contributed by atoms with Gasteiger partial charge in [-0.15, -0.1) is 0 Å². The monoisotopic (exact) mass is 308 g/mol. The van der Waals surface area contributed by atoms with Crippen LogP contribution in [0.25, 0.3) is 0 Å². The molecule has 4 bridgehead atoms. The van der Waals surface area contributed by atoms with Crippen LogP contribution in [0.4, 0.5) is 0 Å². The van der Waals surface area contributed by atoms with Crippen molar-refractivity contribution in [1.82, 2.24) is 0 Å². The molecule has 0 aromatic rings. The molecule has 1 nitrogen and oxygen atoms in total. The van der Waals surface area contributed by atoms with Crippen molar-refractivity contribution in [3.8, 4) is 0 Å². The second kappa shape index (κ2) is 8.18. The molecule has 22 heavy (non-hydrogen) atoms. The van der Waals surface area contributed by atoms with Gasteiger partial charge < -0.3 is 4.74 Å². The summed E-state index contributed by atoms with van der Waals surface area (Å²) >= 11 is 0. The zero-order valence-corrected chi connectivity index (χ0v) is 16.0. The standard InChI is InChI=1S/C10H18.C9H16O.C2H6/c1-7(2)10-6-8-3-4-9(10)5-8;1-6(2)7-3-8-5-9(4-7)10-8;1-2/h7-10H,3-6H2,1-2H3;6-9H,3-5H2,1-2H3;1-2H3. The van der Waals surface area contributed by atoms with Crippen LogP contribution in [0.3, 0.4) is 0 Å². The first-order valence-corrected chi connectivity index (χ1v) is 10.2. The Kier molecular flexibility index (Phi) is 6.80. The van der Waals surface area contributed by atoms with E-state index in [9.17, 15) is 0 Å². The molecule has 2 aliphatic heterocycles. The molecule has 5 fully saturated rings. The summed E-state index contributed by atoms with van der Waals surface area (Å²) in [6, 6.07) is 0. The molecule has 2 saturated heterocycles. The maximum absolute atomic E-state index is 5.56. The van der Waals surface area contributed by atoms with E-state index in [1.807, 2.05) is 13.8 Å². The zero-order chi connectivity index (χ0) is 16.3. The first-order chi connectivity index (χ1) is 10.5. The summed E-state index contributed by atoms with van der Waals surface area (Å²) in [4.78, 5) is 0. The van der Waals surface area contributed by atoms with E-state index in [1.54, 1.807) is 25.7 Å². The van der Waals surface area contributed by atoms with Crippen molar-refractivity contribution in [3.63, 3.8) is 0 Å². The van der Waals surface area contributed by atoms with E-state index in [-0.39, 0.29) is 0 Å². The van der Waals surface area contributed by atoms with Crippen LogP contribution in [0.15, 0.2) is 0 Å². The van der Waals surface area contributed by atoms with Gasteiger partial charge in [0.15, 0.2) is 0 Å². The molecule has 5 unspecified atom stereocenters. The van der Waals surface area contributed by atoms with Crippen LogP contribution in [0, 0.1) is 35.5 Å². The molecule has 5 aliphatic rings. The number of fused-ring (bicyclic) bond motifs is 4. The van der Waals surface area contributed by atoms with Gasteiger partial charge in [0.2, 0.25) is 0 Å². The third-order valence-corrected chi connectivity index (χ3v) is 6.63. The summed E-state index contributed by atoms with van der Waals surface area (Å²) in [5, 5.41) is 0. The van der Waals surface area contributed by atoms with Gasteiger partial charge in [0, 0.05) is 0 Å². The van der Waals surface area contributed by atoms with Crippen molar-refractivity contribution < 1.29 is 4.74 Å². The van der Waals surface area contributed by atoms with E-state index >= 15 is 0 Å². The Morgan fingerprint density at radius 1 is 0.727 bits per heavy atom. The Morgan fingerprint density at radius 3 is 1.59 bits per heavy atom. The number of ether oxygens (including phenoxy) is 1. The highest BCUT2D eigenvalue weighted by Gasteiger charge is 2.40. The zero-order valence-electron chi connectivity index (χ0n) is 16.0. The minimum atomic E-state index is 0.645. The molecule has 0 spiro atoms. The van der Waals surface area contributed by atoms with E-state index in [1.165, 1.54) is 19.3 Å². The fourth-order valence-electron chi connectivity index (χ4n) is 5.28. The molecule has 5 atom stereocenters. The minimum Gasteiger partial charge on any atom is -0.375 e. The fraction of sp³-hybridized carbons (Fsp3) is 1.00. The van der Waals surface area contributed by atoms with Crippen LogP contribution in [0.1, 0.15) is 86.5 Å². The summed E-state index contributed by atoms with van der Waals surface area (Å²) in [5.74, 6) is 6.14. The Labute approximate surface area is 139 Å². The van der Waals surface area contributed by atoms with Gasteiger partial charge in [-0.1, -0.05) is 48.0 Å². The summed E-state index contributed by atoms with van der Waals surface area (Å²) in [6.07, 6.45) is 11.5. The molecule has 0 radical (unpaired) electrons. The van der Waals surface area contributed by atoms with Crippen LogP contribution in [0.5, 0.6) is 0 Å². The molecule has 1 heteroatoms. The molecule has 0 aromatic carbocycles. The van der Waals surface area contributed by atoms with Crippen molar-refractivity contribution in [3.05, 3.63) is 0 Å². The molecule has 3 saturated carbocycles. The van der Waals surface area contributed by atoms with Crippen molar-refractivity contribution in [2.45, 2.75) is 98.7 Å². The van der Waals surface area contributed by atoms with Crippen molar-refractivity contribution in [1.29, 1.82) is 0 Å². The lowest BCUT2D eigenvalue weighted by Gasteiger charge is -2.46. The number of hydrogen-bond donors (Lipinski definition) is 0. The molecule has 0 amide bonds. The fourth-order valence-corrected chi connectivity index (χ4v) is 5.28. The Hall–Kier alpha value is -0.0400. The first kappa shape index (κ1) is 18.3. The van der Waals surface area contributed by atoms with Crippen molar-refractivity contribution in [2.75, 3.05) is 0 Å². The maximum atomic E-state index is 5.56. The topological polar surface area (TPSA) is 9.23 Å². The average molecular weight is 309 g/mol. The molecule has 130 valence electrons. The highest BCUT2D eigenvalue weighted by molar-refractivity contribution is 4.91. The first-order valence-electron chi connectivity index (χ1n) is 10.2.